The molecule has 0 aliphatic carbocycles. The van der Waals surface area contributed by atoms with Gasteiger partial charge < -0.3 is 5.32 Å². The molecule has 6 heteroatoms. The molecule has 0 aliphatic rings. The van der Waals surface area contributed by atoms with Crippen molar-refractivity contribution in [3.63, 3.8) is 0 Å². The van der Waals surface area contributed by atoms with Gasteiger partial charge in [0, 0.05) is 19.0 Å². The average molecular weight is 297 g/mol. The zero-order valence-corrected chi connectivity index (χ0v) is 12.7. The quantitative estimate of drug-likeness (QED) is 0.806. The van der Waals surface area contributed by atoms with Gasteiger partial charge in [-0.25, -0.2) is 8.42 Å². The molecule has 0 bridgehead atoms. The molecule has 5 nitrogen and oxygen atoms in total. The maximum atomic E-state index is 11.9. The van der Waals surface area contributed by atoms with Gasteiger partial charge in [0.15, 0.2) is 15.6 Å². The molecule has 0 fully saturated rings. The van der Waals surface area contributed by atoms with E-state index in [-0.39, 0.29) is 16.6 Å². The van der Waals surface area contributed by atoms with Crippen molar-refractivity contribution in [3.8, 4) is 0 Å². The maximum Gasteiger partial charge on any atom is 0.235 e. The monoisotopic (exact) mass is 297 g/mol. The lowest BCUT2D eigenvalue weighted by molar-refractivity contribution is -0.118. The van der Waals surface area contributed by atoms with Crippen molar-refractivity contribution in [2.45, 2.75) is 25.2 Å². The Morgan fingerprint density at radius 2 is 1.70 bits per heavy atom. The van der Waals surface area contributed by atoms with Gasteiger partial charge in [0.05, 0.1) is 4.90 Å². The predicted molar refractivity (Wildman–Crippen MR) is 76.3 cm³/mol. The molecule has 0 saturated heterocycles. The molecule has 0 unspecified atom stereocenters. The molecule has 0 spiro atoms. The van der Waals surface area contributed by atoms with Crippen LogP contribution >= 0.6 is 0 Å². The molecule has 1 rings (SSSR count). The van der Waals surface area contributed by atoms with Crippen LogP contribution in [0, 0.1) is 5.92 Å². The van der Waals surface area contributed by atoms with Crippen LogP contribution in [0.5, 0.6) is 0 Å². The highest BCUT2D eigenvalue weighted by Gasteiger charge is 2.19. The van der Waals surface area contributed by atoms with Crippen LogP contribution in [0.15, 0.2) is 29.2 Å². The number of carbonyl (C=O) groups is 2. The van der Waals surface area contributed by atoms with Crippen molar-refractivity contribution < 1.29 is 18.0 Å². The van der Waals surface area contributed by atoms with Crippen LogP contribution in [0.25, 0.3) is 0 Å². The third kappa shape index (κ3) is 4.45. The van der Waals surface area contributed by atoms with E-state index in [1.54, 1.807) is 0 Å². The van der Waals surface area contributed by atoms with Gasteiger partial charge in [-0.15, -0.1) is 0 Å². The average Bonchev–Trinajstić information content (AvgIpc) is 2.37. The van der Waals surface area contributed by atoms with Gasteiger partial charge in [-0.1, -0.05) is 26.0 Å². The van der Waals surface area contributed by atoms with E-state index >= 15 is 0 Å². The summed E-state index contributed by atoms with van der Waals surface area (Å²) in [5, 5.41) is 2.27. The second-order valence-corrected chi connectivity index (χ2v) is 6.97. The van der Waals surface area contributed by atoms with Gasteiger partial charge in [0.2, 0.25) is 5.91 Å². The number of benzene rings is 1. The fourth-order valence-electron chi connectivity index (χ4n) is 1.66. The van der Waals surface area contributed by atoms with Crippen molar-refractivity contribution in [2.24, 2.45) is 5.92 Å². The number of sulfone groups is 1. The Balaban J connectivity index is 2.91. The third-order valence-electron chi connectivity index (χ3n) is 2.73. The SMILES string of the molecule is CNC(=O)CS(=O)(=O)c1ccc(C(=O)CC(C)C)cc1. The third-order valence-corrected chi connectivity index (χ3v) is 4.36. The first kappa shape index (κ1) is 16.4. The Morgan fingerprint density at radius 1 is 1.15 bits per heavy atom. The summed E-state index contributed by atoms with van der Waals surface area (Å²) in [7, 11) is -2.28. The molecular formula is C14H19NO4S. The zero-order chi connectivity index (χ0) is 15.3. The lowest BCUT2D eigenvalue weighted by Gasteiger charge is -2.06. The Kier molecular flexibility index (Phi) is 5.44. The summed E-state index contributed by atoms with van der Waals surface area (Å²) >= 11 is 0. The fourth-order valence-corrected chi connectivity index (χ4v) is 2.87. The molecule has 1 amide bonds. The van der Waals surface area contributed by atoms with Crippen LogP contribution < -0.4 is 5.32 Å². The van der Waals surface area contributed by atoms with Gasteiger partial charge in [-0.3, -0.25) is 9.59 Å². The molecule has 0 radical (unpaired) electrons. The van der Waals surface area contributed by atoms with Crippen LogP contribution in [0.1, 0.15) is 30.6 Å². The first-order chi connectivity index (χ1) is 9.26. The minimum Gasteiger partial charge on any atom is -0.358 e. The van der Waals surface area contributed by atoms with Crippen molar-refractivity contribution in [2.75, 3.05) is 12.8 Å². The van der Waals surface area contributed by atoms with Crippen LogP contribution in [0.4, 0.5) is 0 Å². The summed E-state index contributed by atoms with van der Waals surface area (Å²) in [6.45, 7) is 3.89. The Morgan fingerprint density at radius 3 is 2.15 bits per heavy atom. The van der Waals surface area contributed by atoms with E-state index in [9.17, 15) is 18.0 Å². The molecule has 0 saturated carbocycles. The van der Waals surface area contributed by atoms with E-state index in [4.69, 9.17) is 0 Å². The predicted octanol–water partition coefficient (Wildman–Crippen LogP) is 1.44. The molecule has 0 atom stereocenters. The van der Waals surface area contributed by atoms with Crippen LogP contribution in [-0.2, 0) is 14.6 Å². The molecular weight excluding hydrogens is 278 g/mol. The van der Waals surface area contributed by atoms with Crippen molar-refractivity contribution in [1.29, 1.82) is 0 Å². The van der Waals surface area contributed by atoms with Gasteiger partial charge in [-0.2, -0.15) is 0 Å². The number of rotatable bonds is 6. The summed E-state index contributed by atoms with van der Waals surface area (Å²) in [5.74, 6) is -0.928. The topological polar surface area (TPSA) is 80.3 Å². The van der Waals surface area contributed by atoms with Crippen LogP contribution in [0.2, 0.25) is 0 Å². The number of hydrogen-bond acceptors (Lipinski definition) is 4. The highest BCUT2D eigenvalue weighted by Crippen LogP contribution is 2.15. The van der Waals surface area contributed by atoms with E-state index in [2.05, 4.69) is 5.32 Å². The lowest BCUT2D eigenvalue weighted by Crippen LogP contribution is -2.27. The Hall–Kier alpha value is -1.69. The summed E-state index contributed by atoms with van der Waals surface area (Å²) in [4.78, 5) is 23.0. The van der Waals surface area contributed by atoms with E-state index in [1.165, 1.54) is 31.3 Å². The zero-order valence-electron chi connectivity index (χ0n) is 11.8. The van der Waals surface area contributed by atoms with Crippen molar-refractivity contribution in [3.05, 3.63) is 29.8 Å². The summed E-state index contributed by atoms with van der Waals surface area (Å²) in [6.07, 6.45) is 0.421. The van der Waals surface area contributed by atoms with Crippen molar-refractivity contribution >= 4 is 21.5 Å². The molecule has 1 aromatic rings. The fraction of sp³-hybridized carbons (Fsp3) is 0.429. The van der Waals surface area contributed by atoms with Crippen molar-refractivity contribution in [1.82, 2.24) is 5.32 Å². The van der Waals surface area contributed by atoms with Gasteiger partial charge in [0.1, 0.15) is 5.75 Å². The van der Waals surface area contributed by atoms with Gasteiger partial charge >= 0.3 is 0 Å². The number of nitrogens with one attached hydrogen (secondary N) is 1. The minimum atomic E-state index is -3.66. The maximum absolute atomic E-state index is 11.9. The number of ketones is 1. The Bertz CT molecular complexity index is 588. The second-order valence-electron chi connectivity index (χ2n) is 4.98. The second kappa shape index (κ2) is 6.65. The van der Waals surface area contributed by atoms with Gasteiger partial charge in [-0.05, 0) is 18.1 Å². The summed E-state index contributed by atoms with van der Waals surface area (Å²) < 4.78 is 23.8. The molecule has 20 heavy (non-hydrogen) atoms. The smallest absolute Gasteiger partial charge is 0.235 e. The molecule has 110 valence electrons. The minimum absolute atomic E-state index is 0.0183. The highest BCUT2D eigenvalue weighted by molar-refractivity contribution is 7.92. The standard InChI is InChI=1S/C14H19NO4S/c1-10(2)8-13(16)11-4-6-12(7-5-11)20(18,19)9-14(17)15-3/h4-7,10H,8-9H2,1-3H3,(H,15,17). The van der Waals surface area contributed by atoms with Crippen LogP contribution in [-0.4, -0.2) is 32.9 Å². The van der Waals surface area contributed by atoms with Gasteiger partial charge in [0.25, 0.3) is 0 Å². The Labute approximate surface area is 119 Å². The number of Topliss-reactive ketones (excluding diaryl/α,β-unsaturated/α-hetero) is 1. The van der Waals surface area contributed by atoms with E-state index in [0.717, 1.165) is 0 Å². The summed E-state index contributed by atoms with van der Waals surface area (Å²) in [5.41, 5.74) is 0.484. The molecule has 0 heterocycles. The molecule has 0 aliphatic heterocycles. The number of hydrogen-bond donors (Lipinski definition) is 1. The first-order valence-electron chi connectivity index (χ1n) is 6.33. The molecule has 0 aromatic heterocycles. The van der Waals surface area contributed by atoms with E-state index in [1.807, 2.05) is 13.8 Å². The summed E-state index contributed by atoms with van der Waals surface area (Å²) in [6, 6.07) is 5.71. The number of carbonyl (C=O) groups excluding carboxylic acids is 2. The van der Waals surface area contributed by atoms with E-state index in [0.29, 0.717) is 12.0 Å². The number of amides is 1. The highest BCUT2D eigenvalue weighted by atomic mass is 32.2. The van der Waals surface area contributed by atoms with E-state index < -0.39 is 21.5 Å². The van der Waals surface area contributed by atoms with Crippen LogP contribution in [0.3, 0.4) is 0 Å². The largest absolute Gasteiger partial charge is 0.358 e. The lowest BCUT2D eigenvalue weighted by atomic mass is 10.0. The normalized spacial score (nSPS) is 11.4. The molecule has 1 N–H and O–H groups in total. The first-order valence-corrected chi connectivity index (χ1v) is 7.98. The molecule has 1 aromatic carbocycles.